The summed E-state index contributed by atoms with van der Waals surface area (Å²) >= 11 is 0. The van der Waals surface area contributed by atoms with Crippen molar-refractivity contribution in [3.05, 3.63) is 0 Å². The maximum absolute atomic E-state index is 11.4. The lowest BCUT2D eigenvalue weighted by molar-refractivity contribution is -0.133. The van der Waals surface area contributed by atoms with Gasteiger partial charge in [-0.15, -0.1) is 0 Å². The number of hydrogen-bond donors (Lipinski definition) is 0. The Bertz CT molecular complexity index is 169. The van der Waals surface area contributed by atoms with Crippen LogP contribution in [0.2, 0.25) is 0 Å². The molecule has 3 nitrogen and oxygen atoms in total. The number of piperidine rings is 1. The summed E-state index contributed by atoms with van der Waals surface area (Å²) in [6.07, 6.45) is 4.14. The highest BCUT2D eigenvalue weighted by Crippen LogP contribution is 2.10. The monoisotopic (exact) mass is 214 g/mol. The second-order valence-corrected chi connectivity index (χ2v) is 3.99. The Morgan fingerprint density at radius 1 is 1.27 bits per heavy atom. The van der Waals surface area contributed by atoms with Gasteiger partial charge in [-0.05, 0) is 39.9 Å². The molecule has 0 N–H and O–H groups in total. The van der Waals surface area contributed by atoms with Gasteiger partial charge in [-0.2, -0.15) is 0 Å². The molecule has 1 heterocycles. The van der Waals surface area contributed by atoms with Crippen molar-refractivity contribution < 1.29 is 4.79 Å². The average molecular weight is 214 g/mol. The topological polar surface area (TPSA) is 23.6 Å². The normalized spacial score (nSPS) is 16.3. The molecule has 0 saturated carbocycles. The summed E-state index contributed by atoms with van der Waals surface area (Å²) in [5, 5.41) is 0. The Balaban J connectivity index is 0.000000921. The molecule has 15 heavy (non-hydrogen) atoms. The van der Waals surface area contributed by atoms with E-state index in [4.69, 9.17) is 0 Å². The molecule has 0 bridgehead atoms. The summed E-state index contributed by atoms with van der Waals surface area (Å²) in [6, 6.07) is 0. The van der Waals surface area contributed by atoms with Gasteiger partial charge in [0, 0.05) is 19.5 Å². The third-order valence-electron chi connectivity index (χ3n) is 2.45. The SMILES string of the molecule is CC.CN(C)CCCN1CCCCC1=O. The van der Waals surface area contributed by atoms with Crippen LogP contribution in [0.1, 0.15) is 39.5 Å². The van der Waals surface area contributed by atoms with Crippen LogP contribution in [-0.4, -0.2) is 49.4 Å². The van der Waals surface area contributed by atoms with Crippen molar-refractivity contribution in [1.29, 1.82) is 0 Å². The molecule has 0 aromatic heterocycles. The molecule has 0 aromatic rings. The van der Waals surface area contributed by atoms with Crippen LogP contribution in [-0.2, 0) is 4.79 Å². The van der Waals surface area contributed by atoms with Gasteiger partial charge in [-0.3, -0.25) is 4.79 Å². The van der Waals surface area contributed by atoms with Crippen molar-refractivity contribution in [3.8, 4) is 0 Å². The Labute approximate surface area is 94.4 Å². The molecule has 0 aliphatic carbocycles. The van der Waals surface area contributed by atoms with E-state index < -0.39 is 0 Å². The molecule has 1 rings (SSSR count). The van der Waals surface area contributed by atoms with E-state index in [1.54, 1.807) is 0 Å². The second-order valence-electron chi connectivity index (χ2n) is 3.99. The van der Waals surface area contributed by atoms with E-state index in [2.05, 4.69) is 19.0 Å². The summed E-state index contributed by atoms with van der Waals surface area (Å²) in [5.41, 5.74) is 0. The van der Waals surface area contributed by atoms with Gasteiger partial charge in [-0.25, -0.2) is 0 Å². The number of carbonyl (C=O) groups excluding carboxylic acids is 1. The molecule has 0 radical (unpaired) electrons. The minimum Gasteiger partial charge on any atom is -0.343 e. The van der Waals surface area contributed by atoms with Crippen LogP contribution >= 0.6 is 0 Å². The fourth-order valence-electron chi connectivity index (χ4n) is 1.68. The number of rotatable bonds is 4. The number of likely N-dealkylation sites (tertiary alicyclic amines) is 1. The quantitative estimate of drug-likeness (QED) is 0.714. The van der Waals surface area contributed by atoms with E-state index in [1.165, 1.54) is 6.42 Å². The predicted molar refractivity (Wildman–Crippen MR) is 65.0 cm³/mol. The van der Waals surface area contributed by atoms with Gasteiger partial charge in [0.2, 0.25) is 5.91 Å². The van der Waals surface area contributed by atoms with Gasteiger partial charge in [0.05, 0.1) is 0 Å². The van der Waals surface area contributed by atoms with E-state index in [9.17, 15) is 4.79 Å². The molecule has 0 unspecified atom stereocenters. The lowest BCUT2D eigenvalue weighted by atomic mass is 10.1. The van der Waals surface area contributed by atoms with Gasteiger partial charge >= 0.3 is 0 Å². The van der Waals surface area contributed by atoms with E-state index >= 15 is 0 Å². The summed E-state index contributed by atoms with van der Waals surface area (Å²) in [7, 11) is 4.13. The maximum atomic E-state index is 11.4. The third-order valence-corrected chi connectivity index (χ3v) is 2.45. The van der Waals surface area contributed by atoms with Gasteiger partial charge in [0.25, 0.3) is 0 Å². The number of carbonyl (C=O) groups is 1. The number of hydrogen-bond acceptors (Lipinski definition) is 2. The first-order valence-corrected chi connectivity index (χ1v) is 6.12. The van der Waals surface area contributed by atoms with Gasteiger partial charge < -0.3 is 9.80 Å². The van der Waals surface area contributed by atoms with E-state index in [0.717, 1.165) is 38.9 Å². The molecule has 0 atom stereocenters. The summed E-state index contributed by atoms with van der Waals surface area (Å²) < 4.78 is 0. The minimum atomic E-state index is 0.352. The highest BCUT2D eigenvalue weighted by atomic mass is 16.2. The van der Waals surface area contributed by atoms with Crippen LogP contribution < -0.4 is 0 Å². The van der Waals surface area contributed by atoms with Crippen molar-refractivity contribution in [2.24, 2.45) is 0 Å². The molecule has 1 saturated heterocycles. The van der Waals surface area contributed by atoms with Crippen LogP contribution in [0.15, 0.2) is 0 Å². The largest absolute Gasteiger partial charge is 0.343 e. The smallest absolute Gasteiger partial charge is 0.222 e. The lowest BCUT2D eigenvalue weighted by Gasteiger charge is -2.27. The van der Waals surface area contributed by atoms with Crippen LogP contribution in [0.5, 0.6) is 0 Å². The van der Waals surface area contributed by atoms with Gasteiger partial charge in [0.15, 0.2) is 0 Å². The zero-order valence-corrected chi connectivity index (χ0v) is 10.8. The molecule has 90 valence electrons. The van der Waals surface area contributed by atoms with Gasteiger partial charge in [0.1, 0.15) is 0 Å². The predicted octanol–water partition coefficient (Wildman–Crippen LogP) is 1.98. The summed E-state index contributed by atoms with van der Waals surface area (Å²) in [5.74, 6) is 0.352. The zero-order chi connectivity index (χ0) is 11.7. The highest BCUT2D eigenvalue weighted by molar-refractivity contribution is 5.76. The summed E-state index contributed by atoms with van der Waals surface area (Å²) in [4.78, 5) is 15.6. The van der Waals surface area contributed by atoms with E-state index in [1.807, 2.05) is 18.7 Å². The Morgan fingerprint density at radius 2 is 1.93 bits per heavy atom. The standard InChI is InChI=1S/C10H20N2O.C2H6/c1-11(2)7-5-9-12-8-4-3-6-10(12)13;1-2/h3-9H2,1-2H3;1-2H3. The second kappa shape index (κ2) is 8.72. The summed E-state index contributed by atoms with van der Waals surface area (Å²) in [6.45, 7) is 6.99. The van der Waals surface area contributed by atoms with Crippen LogP contribution in [0.25, 0.3) is 0 Å². The van der Waals surface area contributed by atoms with Crippen LogP contribution in [0.4, 0.5) is 0 Å². The first-order chi connectivity index (χ1) is 7.20. The van der Waals surface area contributed by atoms with Crippen molar-refractivity contribution in [3.63, 3.8) is 0 Å². The molecular formula is C12H26N2O. The molecule has 0 aromatic carbocycles. The van der Waals surface area contributed by atoms with Crippen molar-refractivity contribution in [2.75, 3.05) is 33.7 Å². The first-order valence-electron chi connectivity index (χ1n) is 6.12. The van der Waals surface area contributed by atoms with Crippen LogP contribution in [0.3, 0.4) is 0 Å². The van der Waals surface area contributed by atoms with Crippen LogP contribution in [0, 0.1) is 0 Å². The minimum absolute atomic E-state index is 0.352. The molecule has 0 spiro atoms. The first kappa shape index (κ1) is 14.4. The van der Waals surface area contributed by atoms with Crippen molar-refractivity contribution >= 4 is 5.91 Å². The molecule has 1 aliphatic rings. The molecular weight excluding hydrogens is 188 g/mol. The highest BCUT2D eigenvalue weighted by Gasteiger charge is 2.16. The molecule has 1 fully saturated rings. The molecule has 1 aliphatic heterocycles. The molecule has 3 heteroatoms. The Kier molecular flexibility index (Phi) is 8.38. The third kappa shape index (κ3) is 6.50. The van der Waals surface area contributed by atoms with Crippen molar-refractivity contribution in [1.82, 2.24) is 9.80 Å². The zero-order valence-electron chi connectivity index (χ0n) is 10.8. The fraction of sp³-hybridized carbons (Fsp3) is 0.917. The number of amides is 1. The van der Waals surface area contributed by atoms with Crippen molar-refractivity contribution in [2.45, 2.75) is 39.5 Å². The lowest BCUT2D eigenvalue weighted by Crippen LogP contribution is -2.36. The average Bonchev–Trinajstić information content (AvgIpc) is 2.23. The fourth-order valence-corrected chi connectivity index (χ4v) is 1.68. The number of nitrogens with zero attached hydrogens (tertiary/aromatic N) is 2. The maximum Gasteiger partial charge on any atom is 0.222 e. The van der Waals surface area contributed by atoms with Gasteiger partial charge in [-0.1, -0.05) is 13.8 Å². The van der Waals surface area contributed by atoms with E-state index in [-0.39, 0.29) is 0 Å². The Hall–Kier alpha value is -0.570. The van der Waals surface area contributed by atoms with E-state index in [0.29, 0.717) is 5.91 Å². The Morgan fingerprint density at radius 3 is 2.47 bits per heavy atom. The molecule has 1 amide bonds.